The number of hydrogen-bond acceptors (Lipinski definition) is 1. The molecule has 0 aromatic heterocycles. The van der Waals surface area contributed by atoms with E-state index in [1.54, 1.807) is 24.3 Å². The first-order valence-electron chi connectivity index (χ1n) is 6.13. The Morgan fingerprint density at radius 2 is 1.45 bits per heavy atom. The smallest absolute Gasteiger partial charge is 0.379 e. The van der Waals surface area contributed by atoms with Crippen molar-refractivity contribution in [3.05, 3.63) is 60.2 Å². The van der Waals surface area contributed by atoms with E-state index in [4.69, 9.17) is 0 Å². The summed E-state index contributed by atoms with van der Waals surface area (Å²) in [6, 6.07) is 15.5. The second kappa shape index (κ2) is 4.49. The van der Waals surface area contributed by atoms with Crippen LogP contribution in [0.1, 0.15) is 11.7 Å². The fraction of sp³-hybridized carbons (Fsp3) is 0.125. The number of halogens is 3. The quantitative estimate of drug-likeness (QED) is 0.644. The number of fused-ring (bicyclic) bond motifs is 3. The third-order valence-corrected chi connectivity index (χ3v) is 3.43. The molecule has 3 rings (SSSR count). The van der Waals surface area contributed by atoms with E-state index in [1.165, 1.54) is 6.07 Å². The summed E-state index contributed by atoms with van der Waals surface area (Å²) in [4.78, 5) is 0. The average molecular weight is 276 g/mol. The number of rotatable bonds is 1. The largest absolute Gasteiger partial charge is 0.418 e. The molecule has 20 heavy (non-hydrogen) atoms. The van der Waals surface area contributed by atoms with Crippen LogP contribution in [-0.2, 0) is 0 Å². The van der Waals surface area contributed by atoms with Gasteiger partial charge >= 0.3 is 6.18 Å². The third kappa shape index (κ3) is 2.02. The van der Waals surface area contributed by atoms with Crippen LogP contribution in [0.5, 0.6) is 0 Å². The zero-order chi connectivity index (χ0) is 14.3. The molecular weight excluding hydrogens is 265 g/mol. The molecule has 0 aliphatic carbocycles. The predicted octanol–water partition coefficient (Wildman–Crippen LogP) is 4.59. The molecule has 3 aromatic rings. The lowest BCUT2D eigenvalue weighted by molar-refractivity contribution is -0.206. The molecule has 0 amide bonds. The van der Waals surface area contributed by atoms with Crippen LogP contribution < -0.4 is 0 Å². The zero-order valence-electron chi connectivity index (χ0n) is 10.4. The summed E-state index contributed by atoms with van der Waals surface area (Å²) >= 11 is 0. The molecule has 0 fully saturated rings. The molecule has 1 unspecified atom stereocenters. The molecule has 0 aliphatic rings. The van der Waals surface area contributed by atoms with Crippen LogP contribution in [0.15, 0.2) is 54.6 Å². The van der Waals surface area contributed by atoms with Crippen LogP contribution in [0, 0.1) is 0 Å². The molecule has 102 valence electrons. The van der Waals surface area contributed by atoms with Crippen molar-refractivity contribution in [2.75, 3.05) is 0 Å². The van der Waals surface area contributed by atoms with Gasteiger partial charge in [0.1, 0.15) is 0 Å². The summed E-state index contributed by atoms with van der Waals surface area (Å²) in [5.41, 5.74) is -0.110. The Morgan fingerprint density at radius 3 is 2.20 bits per heavy atom. The highest BCUT2D eigenvalue weighted by Gasteiger charge is 2.40. The molecule has 1 nitrogen and oxygen atoms in total. The topological polar surface area (TPSA) is 20.2 Å². The van der Waals surface area contributed by atoms with Gasteiger partial charge in [-0.3, -0.25) is 0 Å². The zero-order valence-corrected chi connectivity index (χ0v) is 10.4. The predicted molar refractivity (Wildman–Crippen MR) is 72.5 cm³/mol. The van der Waals surface area contributed by atoms with Gasteiger partial charge in [-0.05, 0) is 27.1 Å². The first-order chi connectivity index (χ1) is 9.48. The van der Waals surface area contributed by atoms with Crippen LogP contribution in [0.25, 0.3) is 21.5 Å². The second-order valence-electron chi connectivity index (χ2n) is 4.67. The number of hydrogen-bond donors (Lipinski definition) is 1. The highest BCUT2D eigenvalue weighted by Crippen LogP contribution is 2.37. The number of alkyl halides is 3. The minimum absolute atomic E-state index is 0.110. The lowest BCUT2D eigenvalue weighted by atomic mass is 9.96. The van der Waals surface area contributed by atoms with Crippen molar-refractivity contribution in [2.24, 2.45) is 0 Å². The van der Waals surface area contributed by atoms with E-state index in [0.717, 1.165) is 10.8 Å². The maximum absolute atomic E-state index is 12.7. The minimum atomic E-state index is -4.67. The molecule has 0 aliphatic heterocycles. The summed E-state index contributed by atoms with van der Waals surface area (Å²) in [7, 11) is 0. The van der Waals surface area contributed by atoms with Gasteiger partial charge < -0.3 is 5.11 Å². The summed E-state index contributed by atoms with van der Waals surface area (Å²) in [5.74, 6) is 0. The Balaban J connectivity index is 2.33. The molecule has 0 radical (unpaired) electrons. The summed E-state index contributed by atoms with van der Waals surface area (Å²) in [6.45, 7) is 0. The normalized spacial score (nSPS) is 13.8. The van der Waals surface area contributed by atoms with Gasteiger partial charge in [0.2, 0.25) is 0 Å². The van der Waals surface area contributed by atoms with Crippen molar-refractivity contribution in [3.63, 3.8) is 0 Å². The van der Waals surface area contributed by atoms with Crippen molar-refractivity contribution in [1.29, 1.82) is 0 Å². The Bertz CT molecular complexity index is 777. The lowest BCUT2D eigenvalue weighted by Gasteiger charge is -2.17. The molecule has 3 aromatic carbocycles. The summed E-state index contributed by atoms with van der Waals surface area (Å²) in [5, 5.41) is 12.5. The highest BCUT2D eigenvalue weighted by molar-refractivity contribution is 6.08. The van der Waals surface area contributed by atoms with Crippen molar-refractivity contribution < 1.29 is 18.3 Å². The standard InChI is InChI=1S/C16H11F3O/c17-16(18,19)15(20)14-7-3-6-12-11-5-2-1-4-10(11)8-9-13(12)14/h1-9,15,20H. The van der Waals surface area contributed by atoms with Gasteiger partial charge in [-0.25, -0.2) is 0 Å². The molecular formula is C16H11F3O. The average Bonchev–Trinajstić information content (AvgIpc) is 2.44. The molecule has 0 saturated carbocycles. The van der Waals surface area contributed by atoms with E-state index < -0.39 is 12.3 Å². The maximum Gasteiger partial charge on any atom is 0.418 e. The van der Waals surface area contributed by atoms with Gasteiger partial charge in [0.05, 0.1) is 0 Å². The summed E-state index contributed by atoms with van der Waals surface area (Å²) in [6.07, 6.45) is -7.13. The molecule has 1 N–H and O–H groups in total. The molecule has 0 saturated heterocycles. The van der Waals surface area contributed by atoms with E-state index in [2.05, 4.69) is 0 Å². The van der Waals surface area contributed by atoms with E-state index >= 15 is 0 Å². The monoisotopic (exact) mass is 276 g/mol. The number of benzene rings is 3. The van der Waals surface area contributed by atoms with Gasteiger partial charge in [-0.15, -0.1) is 0 Å². The second-order valence-corrected chi connectivity index (χ2v) is 4.67. The van der Waals surface area contributed by atoms with Crippen molar-refractivity contribution in [3.8, 4) is 0 Å². The van der Waals surface area contributed by atoms with Gasteiger partial charge in [0.25, 0.3) is 0 Å². The van der Waals surface area contributed by atoms with Crippen LogP contribution >= 0.6 is 0 Å². The summed E-state index contributed by atoms with van der Waals surface area (Å²) < 4.78 is 38.2. The molecule has 1 atom stereocenters. The molecule has 0 bridgehead atoms. The van der Waals surface area contributed by atoms with Gasteiger partial charge in [-0.1, -0.05) is 54.6 Å². The molecule has 4 heteroatoms. The maximum atomic E-state index is 12.7. The SMILES string of the molecule is OC(c1cccc2c1ccc1ccccc12)C(F)(F)F. The Hall–Kier alpha value is -2.07. The molecule has 0 heterocycles. The fourth-order valence-corrected chi connectivity index (χ4v) is 2.48. The van der Waals surface area contributed by atoms with Crippen LogP contribution in [0.4, 0.5) is 13.2 Å². The number of aliphatic hydroxyl groups is 1. The van der Waals surface area contributed by atoms with Crippen LogP contribution in [0.2, 0.25) is 0 Å². The van der Waals surface area contributed by atoms with Crippen molar-refractivity contribution in [2.45, 2.75) is 12.3 Å². The van der Waals surface area contributed by atoms with Gasteiger partial charge in [0, 0.05) is 0 Å². The Morgan fingerprint density at radius 1 is 0.750 bits per heavy atom. The first-order valence-corrected chi connectivity index (χ1v) is 6.13. The van der Waals surface area contributed by atoms with Crippen LogP contribution in [0.3, 0.4) is 0 Å². The highest BCUT2D eigenvalue weighted by atomic mass is 19.4. The lowest BCUT2D eigenvalue weighted by Crippen LogP contribution is -2.20. The van der Waals surface area contributed by atoms with Crippen molar-refractivity contribution in [1.82, 2.24) is 0 Å². The van der Waals surface area contributed by atoms with Crippen LogP contribution in [-0.4, -0.2) is 11.3 Å². The van der Waals surface area contributed by atoms with E-state index in [1.807, 2.05) is 24.3 Å². The van der Waals surface area contributed by atoms with Gasteiger partial charge in [-0.2, -0.15) is 13.2 Å². The minimum Gasteiger partial charge on any atom is -0.379 e. The fourth-order valence-electron chi connectivity index (χ4n) is 2.48. The number of aliphatic hydroxyl groups excluding tert-OH is 1. The third-order valence-electron chi connectivity index (χ3n) is 3.43. The van der Waals surface area contributed by atoms with Gasteiger partial charge in [0.15, 0.2) is 6.10 Å². The first kappa shape index (κ1) is 12.9. The Kier molecular flexibility index (Phi) is 2.91. The van der Waals surface area contributed by atoms with E-state index in [0.29, 0.717) is 10.8 Å². The molecule has 0 spiro atoms. The Labute approximate surface area is 113 Å². The van der Waals surface area contributed by atoms with E-state index in [-0.39, 0.29) is 5.56 Å². The van der Waals surface area contributed by atoms with E-state index in [9.17, 15) is 18.3 Å². The van der Waals surface area contributed by atoms with Crippen molar-refractivity contribution >= 4 is 21.5 Å².